The van der Waals surface area contributed by atoms with Crippen molar-refractivity contribution < 1.29 is 4.79 Å². The predicted molar refractivity (Wildman–Crippen MR) is 93.9 cm³/mol. The smallest absolute Gasteiger partial charge is 0.264 e. The van der Waals surface area contributed by atoms with E-state index in [4.69, 9.17) is 0 Å². The third-order valence-corrected chi connectivity index (χ3v) is 5.79. The van der Waals surface area contributed by atoms with Crippen LogP contribution < -0.4 is 0 Å². The number of thiophene rings is 1. The molecule has 1 aliphatic heterocycles. The topological polar surface area (TPSA) is 49.0 Å². The van der Waals surface area contributed by atoms with Gasteiger partial charge < -0.3 is 9.88 Å². The number of rotatable bonds is 5. The van der Waals surface area contributed by atoms with E-state index in [1.807, 2.05) is 11.1 Å². The number of amides is 1. The molecule has 3 heterocycles. The number of hydrogen-bond donors (Lipinski definition) is 1. The molecule has 1 amide bonds. The molecule has 3 rings (SSSR count). The third kappa shape index (κ3) is 3.34. The lowest BCUT2D eigenvalue weighted by Gasteiger charge is -2.34. The molecule has 5 heteroatoms. The van der Waals surface area contributed by atoms with Gasteiger partial charge >= 0.3 is 0 Å². The Kier molecular flexibility index (Phi) is 5.16. The molecular formula is C18H25N3OS. The summed E-state index contributed by atoms with van der Waals surface area (Å²) in [4.78, 5) is 25.0. The number of aromatic nitrogens is 2. The number of imidazole rings is 1. The Bertz CT molecular complexity index is 647. The van der Waals surface area contributed by atoms with Crippen molar-refractivity contribution in [3.05, 3.63) is 39.6 Å². The van der Waals surface area contributed by atoms with Crippen LogP contribution in [0.1, 0.15) is 71.5 Å². The van der Waals surface area contributed by atoms with Gasteiger partial charge in [0.1, 0.15) is 5.82 Å². The summed E-state index contributed by atoms with van der Waals surface area (Å²) in [5, 5.41) is 0. The summed E-state index contributed by atoms with van der Waals surface area (Å²) in [7, 11) is 0. The van der Waals surface area contributed by atoms with E-state index in [-0.39, 0.29) is 11.9 Å². The first-order chi connectivity index (χ1) is 11.2. The van der Waals surface area contributed by atoms with Crippen LogP contribution >= 0.6 is 11.3 Å². The van der Waals surface area contributed by atoms with Crippen LogP contribution in [0, 0.1) is 0 Å². The van der Waals surface area contributed by atoms with Crippen LogP contribution in [0.5, 0.6) is 0 Å². The van der Waals surface area contributed by atoms with Crippen molar-refractivity contribution in [3.63, 3.8) is 0 Å². The minimum atomic E-state index is 0.0908. The van der Waals surface area contributed by atoms with Gasteiger partial charge in [-0.25, -0.2) is 4.98 Å². The highest BCUT2D eigenvalue weighted by atomic mass is 32.1. The second kappa shape index (κ2) is 7.30. The summed E-state index contributed by atoms with van der Waals surface area (Å²) in [6.07, 6.45) is 10.0. The van der Waals surface area contributed by atoms with Crippen molar-refractivity contribution in [3.8, 4) is 0 Å². The second-order valence-corrected chi connectivity index (χ2v) is 7.28. The van der Waals surface area contributed by atoms with Gasteiger partial charge in [0.25, 0.3) is 5.91 Å². The van der Waals surface area contributed by atoms with E-state index in [0.717, 1.165) is 55.8 Å². The largest absolute Gasteiger partial charge is 0.347 e. The SMILES string of the molecule is CCCc1sc(C(=O)N2CCCCC2c2ncc[nH]2)cc1CC. The molecule has 0 bridgehead atoms. The number of H-pyrrole nitrogens is 1. The van der Waals surface area contributed by atoms with E-state index in [9.17, 15) is 4.79 Å². The highest BCUT2D eigenvalue weighted by molar-refractivity contribution is 7.14. The number of aryl methyl sites for hydroxylation is 2. The highest BCUT2D eigenvalue weighted by Gasteiger charge is 2.31. The van der Waals surface area contributed by atoms with Gasteiger partial charge in [-0.05, 0) is 43.7 Å². The molecular weight excluding hydrogens is 306 g/mol. The molecule has 0 radical (unpaired) electrons. The Morgan fingerprint density at radius 2 is 2.30 bits per heavy atom. The lowest BCUT2D eigenvalue weighted by molar-refractivity contribution is 0.0606. The zero-order valence-corrected chi connectivity index (χ0v) is 14.8. The fraction of sp³-hybridized carbons (Fsp3) is 0.556. The fourth-order valence-electron chi connectivity index (χ4n) is 3.37. The van der Waals surface area contributed by atoms with Crippen molar-refractivity contribution in [2.45, 2.75) is 58.4 Å². The number of hydrogen-bond acceptors (Lipinski definition) is 3. The fourth-order valence-corrected chi connectivity index (χ4v) is 4.68. The van der Waals surface area contributed by atoms with Gasteiger partial charge in [-0.15, -0.1) is 11.3 Å². The minimum Gasteiger partial charge on any atom is -0.347 e. The van der Waals surface area contributed by atoms with Gasteiger partial charge in [-0.3, -0.25) is 4.79 Å². The number of carbonyl (C=O) groups excluding carboxylic acids is 1. The summed E-state index contributed by atoms with van der Waals surface area (Å²) in [6.45, 7) is 5.19. The molecule has 4 nitrogen and oxygen atoms in total. The highest BCUT2D eigenvalue weighted by Crippen LogP contribution is 2.33. The summed E-state index contributed by atoms with van der Waals surface area (Å²) >= 11 is 1.69. The van der Waals surface area contributed by atoms with Gasteiger partial charge in [-0.2, -0.15) is 0 Å². The molecule has 2 aromatic heterocycles. The first kappa shape index (κ1) is 16.2. The van der Waals surface area contributed by atoms with Gasteiger partial charge in [0, 0.05) is 23.8 Å². The molecule has 0 aromatic carbocycles. The van der Waals surface area contributed by atoms with Crippen molar-refractivity contribution in [1.82, 2.24) is 14.9 Å². The van der Waals surface area contributed by atoms with E-state index < -0.39 is 0 Å². The number of carbonyl (C=O) groups is 1. The van der Waals surface area contributed by atoms with Crippen LogP contribution in [0.25, 0.3) is 0 Å². The van der Waals surface area contributed by atoms with E-state index in [0.29, 0.717) is 0 Å². The van der Waals surface area contributed by atoms with Crippen LogP contribution in [0.2, 0.25) is 0 Å². The normalized spacial score (nSPS) is 18.3. The average Bonchev–Trinajstić information content (AvgIpc) is 3.24. The molecule has 1 saturated heterocycles. The minimum absolute atomic E-state index is 0.0908. The Labute approximate surface area is 141 Å². The Hall–Kier alpha value is -1.62. The monoisotopic (exact) mass is 331 g/mol. The molecule has 0 spiro atoms. The van der Waals surface area contributed by atoms with Gasteiger partial charge in [0.2, 0.25) is 0 Å². The van der Waals surface area contributed by atoms with Crippen LogP contribution in [0.4, 0.5) is 0 Å². The average molecular weight is 331 g/mol. The summed E-state index contributed by atoms with van der Waals surface area (Å²) in [5.74, 6) is 1.09. The van der Waals surface area contributed by atoms with Crippen LogP contribution in [0.15, 0.2) is 18.5 Å². The summed E-state index contributed by atoms with van der Waals surface area (Å²) in [6, 6.07) is 2.21. The van der Waals surface area contributed by atoms with E-state index in [1.165, 1.54) is 10.4 Å². The zero-order chi connectivity index (χ0) is 16.2. The molecule has 2 aromatic rings. The summed E-state index contributed by atoms with van der Waals surface area (Å²) in [5.41, 5.74) is 1.34. The Balaban J connectivity index is 1.85. The molecule has 1 atom stereocenters. The number of nitrogens with zero attached hydrogens (tertiary/aromatic N) is 2. The number of nitrogens with one attached hydrogen (secondary N) is 1. The zero-order valence-electron chi connectivity index (χ0n) is 14.0. The molecule has 0 aliphatic carbocycles. The quantitative estimate of drug-likeness (QED) is 0.885. The number of likely N-dealkylation sites (tertiary alicyclic amines) is 1. The first-order valence-corrected chi connectivity index (χ1v) is 9.48. The van der Waals surface area contributed by atoms with Gasteiger partial charge in [0.15, 0.2) is 0 Å². The first-order valence-electron chi connectivity index (χ1n) is 8.66. The second-order valence-electron chi connectivity index (χ2n) is 6.15. The van der Waals surface area contributed by atoms with Crippen molar-refractivity contribution in [2.75, 3.05) is 6.54 Å². The molecule has 1 N–H and O–H groups in total. The standard InChI is InChI=1S/C18H25N3OS/c1-3-7-15-13(4-2)12-16(23-15)18(22)21-11-6-5-8-14(21)17-19-9-10-20-17/h9-10,12,14H,3-8,11H2,1-2H3,(H,19,20). The maximum Gasteiger partial charge on any atom is 0.264 e. The molecule has 0 saturated carbocycles. The van der Waals surface area contributed by atoms with Crippen LogP contribution in [-0.2, 0) is 12.8 Å². The Morgan fingerprint density at radius 1 is 1.43 bits per heavy atom. The molecule has 23 heavy (non-hydrogen) atoms. The number of piperidine rings is 1. The van der Waals surface area contributed by atoms with Gasteiger partial charge in [-0.1, -0.05) is 20.3 Å². The predicted octanol–water partition coefficient (Wildman–Crippen LogP) is 4.35. The van der Waals surface area contributed by atoms with E-state index in [1.54, 1.807) is 17.5 Å². The van der Waals surface area contributed by atoms with Crippen molar-refractivity contribution in [1.29, 1.82) is 0 Å². The molecule has 124 valence electrons. The molecule has 1 fully saturated rings. The maximum absolute atomic E-state index is 13.1. The van der Waals surface area contributed by atoms with Crippen LogP contribution in [-0.4, -0.2) is 27.3 Å². The third-order valence-electron chi connectivity index (χ3n) is 4.56. The Morgan fingerprint density at radius 3 is 3.00 bits per heavy atom. The van der Waals surface area contributed by atoms with Crippen molar-refractivity contribution in [2.24, 2.45) is 0 Å². The van der Waals surface area contributed by atoms with E-state index in [2.05, 4.69) is 29.9 Å². The molecule has 1 aliphatic rings. The lowest BCUT2D eigenvalue weighted by atomic mass is 10.0. The van der Waals surface area contributed by atoms with Crippen molar-refractivity contribution >= 4 is 17.2 Å². The number of aromatic amines is 1. The van der Waals surface area contributed by atoms with E-state index >= 15 is 0 Å². The van der Waals surface area contributed by atoms with Gasteiger partial charge in [0.05, 0.1) is 10.9 Å². The molecule has 1 unspecified atom stereocenters. The lowest BCUT2D eigenvalue weighted by Crippen LogP contribution is -2.38. The summed E-state index contributed by atoms with van der Waals surface area (Å²) < 4.78 is 0. The van der Waals surface area contributed by atoms with Crippen LogP contribution in [0.3, 0.4) is 0 Å². The maximum atomic E-state index is 13.1.